The van der Waals surface area contributed by atoms with Crippen molar-refractivity contribution in [2.24, 2.45) is 5.92 Å². The standard InChI is InChI=1S/C15H24N2S/c1-12(2)17(11-14-9-6-10-18-14)15(16)13-7-4-3-5-8-13/h6,9-10,12-13,16H,3-5,7-8,11H2,1-2H3. The van der Waals surface area contributed by atoms with Gasteiger partial charge >= 0.3 is 0 Å². The van der Waals surface area contributed by atoms with Crippen LogP contribution in [0.3, 0.4) is 0 Å². The highest BCUT2D eigenvalue weighted by molar-refractivity contribution is 7.09. The minimum absolute atomic E-state index is 0.418. The third-order valence-electron chi connectivity index (χ3n) is 3.83. The lowest BCUT2D eigenvalue weighted by atomic mass is 9.87. The smallest absolute Gasteiger partial charge is 0.0995 e. The number of hydrogen-bond donors (Lipinski definition) is 1. The van der Waals surface area contributed by atoms with Crippen molar-refractivity contribution in [1.29, 1.82) is 5.41 Å². The molecule has 3 heteroatoms. The topological polar surface area (TPSA) is 27.1 Å². The SMILES string of the molecule is CC(C)N(Cc1cccs1)C(=N)C1CCCCC1. The van der Waals surface area contributed by atoms with Crippen molar-refractivity contribution in [3.8, 4) is 0 Å². The molecule has 0 aromatic carbocycles. The highest BCUT2D eigenvalue weighted by Crippen LogP contribution is 2.27. The molecule has 100 valence electrons. The summed E-state index contributed by atoms with van der Waals surface area (Å²) in [5, 5.41) is 10.6. The fourth-order valence-electron chi connectivity index (χ4n) is 2.73. The molecule has 0 spiro atoms. The van der Waals surface area contributed by atoms with Crippen LogP contribution in [0.25, 0.3) is 0 Å². The van der Waals surface area contributed by atoms with Gasteiger partial charge in [-0.3, -0.25) is 5.41 Å². The lowest BCUT2D eigenvalue weighted by Gasteiger charge is -2.34. The predicted molar refractivity (Wildman–Crippen MR) is 79.3 cm³/mol. The van der Waals surface area contributed by atoms with Crippen molar-refractivity contribution in [2.45, 2.75) is 58.5 Å². The summed E-state index contributed by atoms with van der Waals surface area (Å²) in [7, 11) is 0. The second kappa shape index (κ2) is 6.37. The van der Waals surface area contributed by atoms with Gasteiger partial charge in [-0.15, -0.1) is 11.3 Å². The third kappa shape index (κ3) is 3.35. The highest BCUT2D eigenvalue weighted by atomic mass is 32.1. The van der Waals surface area contributed by atoms with Crippen LogP contribution in [-0.2, 0) is 6.54 Å². The first-order chi connectivity index (χ1) is 8.68. The van der Waals surface area contributed by atoms with Crippen molar-refractivity contribution in [1.82, 2.24) is 4.90 Å². The van der Waals surface area contributed by atoms with Crippen molar-refractivity contribution < 1.29 is 0 Å². The van der Waals surface area contributed by atoms with Gasteiger partial charge in [0.15, 0.2) is 0 Å². The molecule has 0 atom stereocenters. The van der Waals surface area contributed by atoms with E-state index in [4.69, 9.17) is 5.41 Å². The van der Waals surface area contributed by atoms with Gasteiger partial charge in [0, 0.05) is 16.8 Å². The number of nitrogens with one attached hydrogen (secondary N) is 1. The molecule has 1 aromatic heterocycles. The Labute approximate surface area is 115 Å². The maximum Gasteiger partial charge on any atom is 0.0995 e. The first-order valence-electron chi connectivity index (χ1n) is 7.06. The van der Waals surface area contributed by atoms with E-state index in [0.29, 0.717) is 12.0 Å². The molecule has 0 bridgehead atoms. The number of hydrogen-bond acceptors (Lipinski definition) is 2. The van der Waals surface area contributed by atoms with Gasteiger partial charge in [0.25, 0.3) is 0 Å². The van der Waals surface area contributed by atoms with Gasteiger partial charge in [-0.1, -0.05) is 25.3 Å². The summed E-state index contributed by atoms with van der Waals surface area (Å²) in [6.45, 7) is 5.31. The molecule has 2 rings (SSSR count). The van der Waals surface area contributed by atoms with Crippen LogP contribution in [0.4, 0.5) is 0 Å². The molecule has 0 unspecified atom stereocenters. The molecule has 0 saturated heterocycles. The minimum atomic E-state index is 0.418. The fraction of sp³-hybridized carbons (Fsp3) is 0.667. The lowest BCUT2D eigenvalue weighted by molar-refractivity contribution is 0.303. The molecule has 18 heavy (non-hydrogen) atoms. The Hall–Kier alpha value is -0.830. The van der Waals surface area contributed by atoms with E-state index in [0.717, 1.165) is 12.4 Å². The summed E-state index contributed by atoms with van der Waals surface area (Å²) >= 11 is 1.79. The van der Waals surface area contributed by atoms with Gasteiger partial charge in [-0.25, -0.2) is 0 Å². The zero-order chi connectivity index (χ0) is 13.0. The van der Waals surface area contributed by atoms with E-state index in [-0.39, 0.29) is 0 Å². The van der Waals surface area contributed by atoms with Crippen molar-refractivity contribution in [3.63, 3.8) is 0 Å². The summed E-state index contributed by atoms with van der Waals surface area (Å²) in [5.74, 6) is 1.37. The van der Waals surface area contributed by atoms with Crippen LogP contribution < -0.4 is 0 Å². The van der Waals surface area contributed by atoms with E-state index in [1.165, 1.54) is 37.0 Å². The van der Waals surface area contributed by atoms with E-state index < -0.39 is 0 Å². The summed E-state index contributed by atoms with van der Waals surface area (Å²) in [4.78, 5) is 3.64. The van der Waals surface area contributed by atoms with E-state index >= 15 is 0 Å². The molecular weight excluding hydrogens is 240 g/mol. The van der Waals surface area contributed by atoms with Gasteiger partial charge in [0.2, 0.25) is 0 Å². The van der Waals surface area contributed by atoms with Crippen LogP contribution in [0.2, 0.25) is 0 Å². The number of rotatable bonds is 4. The average molecular weight is 264 g/mol. The first kappa shape index (κ1) is 13.6. The normalized spacial score (nSPS) is 17.1. The molecule has 0 aliphatic heterocycles. The van der Waals surface area contributed by atoms with Gasteiger partial charge in [0.1, 0.15) is 0 Å². The highest BCUT2D eigenvalue weighted by Gasteiger charge is 2.24. The average Bonchev–Trinajstić information content (AvgIpc) is 2.89. The molecule has 0 amide bonds. The second-order valence-corrected chi connectivity index (χ2v) is 6.55. The van der Waals surface area contributed by atoms with Crippen LogP contribution >= 0.6 is 11.3 Å². The van der Waals surface area contributed by atoms with Crippen molar-refractivity contribution in [2.75, 3.05) is 0 Å². The Balaban J connectivity index is 2.02. The Kier molecular flexibility index (Phi) is 4.81. The maximum absolute atomic E-state index is 8.50. The molecule has 0 radical (unpaired) electrons. The molecule has 1 aliphatic rings. The predicted octanol–water partition coefficient (Wildman–Crippen LogP) is 4.52. The zero-order valence-electron chi connectivity index (χ0n) is 11.5. The van der Waals surface area contributed by atoms with Crippen molar-refractivity contribution >= 4 is 17.2 Å². The largest absolute Gasteiger partial charge is 0.353 e. The summed E-state index contributed by atoms with van der Waals surface area (Å²) < 4.78 is 0. The van der Waals surface area contributed by atoms with Crippen LogP contribution in [-0.4, -0.2) is 16.8 Å². The number of thiophene rings is 1. The van der Waals surface area contributed by atoms with Crippen LogP contribution in [0.15, 0.2) is 17.5 Å². The third-order valence-corrected chi connectivity index (χ3v) is 4.69. The molecule has 1 heterocycles. The summed E-state index contributed by atoms with van der Waals surface area (Å²) in [5.41, 5.74) is 0. The van der Waals surface area contributed by atoms with Crippen LogP contribution in [0.1, 0.15) is 50.8 Å². The van der Waals surface area contributed by atoms with Gasteiger partial charge < -0.3 is 4.90 Å². The lowest BCUT2D eigenvalue weighted by Crippen LogP contribution is -2.40. The van der Waals surface area contributed by atoms with Crippen molar-refractivity contribution in [3.05, 3.63) is 22.4 Å². The first-order valence-corrected chi connectivity index (χ1v) is 7.94. The number of amidine groups is 1. The Bertz CT molecular complexity index is 364. The van der Waals surface area contributed by atoms with E-state index in [1.807, 2.05) is 0 Å². The minimum Gasteiger partial charge on any atom is -0.353 e. The van der Waals surface area contributed by atoms with E-state index in [1.54, 1.807) is 11.3 Å². The molecular formula is C15H24N2S. The van der Waals surface area contributed by atoms with E-state index in [2.05, 4.69) is 36.3 Å². The summed E-state index contributed by atoms with van der Waals surface area (Å²) in [6, 6.07) is 4.69. The molecule has 1 aromatic rings. The molecule has 1 aliphatic carbocycles. The van der Waals surface area contributed by atoms with Crippen LogP contribution in [0, 0.1) is 11.3 Å². The quantitative estimate of drug-likeness (QED) is 0.628. The molecule has 1 fully saturated rings. The Morgan fingerprint density at radius 3 is 2.67 bits per heavy atom. The zero-order valence-corrected chi connectivity index (χ0v) is 12.3. The monoisotopic (exact) mass is 264 g/mol. The van der Waals surface area contributed by atoms with Gasteiger partial charge in [-0.05, 0) is 38.1 Å². The maximum atomic E-state index is 8.50. The van der Waals surface area contributed by atoms with Crippen LogP contribution in [0.5, 0.6) is 0 Å². The van der Waals surface area contributed by atoms with Gasteiger partial charge in [-0.2, -0.15) is 0 Å². The van der Waals surface area contributed by atoms with E-state index in [9.17, 15) is 0 Å². The van der Waals surface area contributed by atoms with Gasteiger partial charge in [0.05, 0.1) is 12.4 Å². The molecule has 1 N–H and O–H groups in total. The Morgan fingerprint density at radius 2 is 2.11 bits per heavy atom. The summed E-state index contributed by atoms with van der Waals surface area (Å²) in [6.07, 6.45) is 6.39. The molecule has 1 saturated carbocycles. The Morgan fingerprint density at radius 1 is 1.39 bits per heavy atom. The fourth-order valence-corrected chi connectivity index (χ4v) is 3.43. The molecule has 2 nitrogen and oxygen atoms in total. The number of nitrogens with zero attached hydrogens (tertiary/aromatic N) is 1. The second-order valence-electron chi connectivity index (χ2n) is 5.52.